The molecule has 1 saturated heterocycles. The molecule has 0 spiro atoms. The molecule has 1 aromatic carbocycles. The summed E-state index contributed by atoms with van der Waals surface area (Å²) in [5.74, 6) is 0.531. The smallest absolute Gasteiger partial charge is 0.276 e. The number of nitrogens with zero attached hydrogens (tertiary/aromatic N) is 3. The highest BCUT2D eigenvalue weighted by Crippen LogP contribution is 2.25. The minimum Gasteiger partial charge on any atom is -0.352 e. The maximum atomic E-state index is 12.3. The Balaban J connectivity index is 1.72. The molecule has 126 valence electrons. The Morgan fingerprint density at radius 2 is 2.08 bits per heavy atom. The Morgan fingerprint density at radius 3 is 2.79 bits per heavy atom. The van der Waals surface area contributed by atoms with Crippen LogP contribution in [0.5, 0.6) is 0 Å². The summed E-state index contributed by atoms with van der Waals surface area (Å²) in [5.41, 5.74) is 0.848. The van der Waals surface area contributed by atoms with Crippen LogP contribution in [0.1, 0.15) is 43.1 Å². The fraction of sp³-hybridized carbons (Fsp3) is 0.389. The largest absolute Gasteiger partial charge is 0.352 e. The lowest BCUT2D eigenvalue weighted by molar-refractivity contribution is 0.102. The molecule has 0 aliphatic carbocycles. The van der Waals surface area contributed by atoms with Crippen LogP contribution in [0.15, 0.2) is 36.4 Å². The van der Waals surface area contributed by atoms with Crippen LogP contribution >= 0.6 is 11.6 Å². The van der Waals surface area contributed by atoms with E-state index in [2.05, 4.69) is 27.3 Å². The van der Waals surface area contributed by atoms with Gasteiger partial charge >= 0.3 is 0 Å². The van der Waals surface area contributed by atoms with E-state index in [0.29, 0.717) is 16.8 Å². The number of anilines is 2. The predicted molar refractivity (Wildman–Crippen MR) is 96.7 cm³/mol. The first kappa shape index (κ1) is 16.7. The van der Waals surface area contributed by atoms with Crippen LogP contribution in [-0.4, -0.2) is 28.7 Å². The lowest BCUT2D eigenvalue weighted by Gasteiger charge is -2.35. The van der Waals surface area contributed by atoms with Crippen molar-refractivity contribution in [2.75, 3.05) is 16.8 Å². The van der Waals surface area contributed by atoms with E-state index in [-0.39, 0.29) is 11.6 Å². The molecule has 3 rings (SSSR count). The van der Waals surface area contributed by atoms with Gasteiger partial charge in [-0.3, -0.25) is 4.79 Å². The molecule has 2 heterocycles. The molecule has 24 heavy (non-hydrogen) atoms. The van der Waals surface area contributed by atoms with E-state index in [1.54, 1.807) is 18.2 Å². The van der Waals surface area contributed by atoms with Crippen molar-refractivity contribution < 1.29 is 4.79 Å². The third-order valence-electron chi connectivity index (χ3n) is 4.40. The van der Waals surface area contributed by atoms with Crippen molar-refractivity contribution in [3.8, 4) is 0 Å². The highest BCUT2D eigenvalue weighted by Gasteiger charge is 2.22. The second-order valence-electron chi connectivity index (χ2n) is 5.96. The zero-order valence-electron chi connectivity index (χ0n) is 13.7. The number of piperidine rings is 1. The van der Waals surface area contributed by atoms with Gasteiger partial charge in [0.05, 0.1) is 10.7 Å². The molecule has 5 nitrogen and oxygen atoms in total. The van der Waals surface area contributed by atoms with E-state index >= 15 is 0 Å². The fourth-order valence-corrected chi connectivity index (χ4v) is 3.26. The van der Waals surface area contributed by atoms with Gasteiger partial charge in [-0.25, -0.2) is 0 Å². The minimum absolute atomic E-state index is 0.281. The van der Waals surface area contributed by atoms with Crippen molar-refractivity contribution >= 4 is 29.0 Å². The third-order valence-corrected chi connectivity index (χ3v) is 4.73. The molecule has 1 aromatic heterocycles. The van der Waals surface area contributed by atoms with Gasteiger partial charge < -0.3 is 10.2 Å². The Hall–Kier alpha value is -2.14. The van der Waals surface area contributed by atoms with E-state index < -0.39 is 0 Å². The summed E-state index contributed by atoms with van der Waals surface area (Å²) in [4.78, 5) is 14.6. The van der Waals surface area contributed by atoms with Gasteiger partial charge in [-0.05, 0) is 49.9 Å². The second-order valence-corrected chi connectivity index (χ2v) is 6.37. The van der Waals surface area contributed by atoms with Crippen LogP contribution in [0.25, 0.3) is 0 Å². The number of hydrogen-bond acceptors (Lipinski definition) is 4. The summed E-state index contributed by atoms with van der Waals surface area (Å²) in [7, 11) is 0. The molecule has 2 aromatic rings. The number of para-hydroxylation sites is 1. The predicted octanol–water partition coefficient (Wildman–Crippen LogP) is 4.15. The molecular weight excluding hydrogens is 324 g/mol. The van der Waals surface area contributed by atoms with Crippen LogP contribution in [0.3, 0.4) is 0 Å². The summed E-state index contributed by atoms with van der Waals surface area (Å²) in [6.07, 6.45) is 4.72. The van der Waals surface area contributed by atoms with Crippen molar-refractivity contribution in [3.05, 3.63) is 47.1 Å². The number of carbonyl (C=O) groups excluding carboxylic acids is 1. The maximum absolute atomic E-state index is 12.3. The van der Waals surface area contributed by atoms with Crippen LogP contribution in [-0.2, 0) is 0 Å². The van der Waals surface area contributed by atoms with Gasteiger partial charge in [0, 0.05) is 12.6 Å². The average Bonchev–Trinajstić information content (AvgIpc) is 2.63. The van der Waals surface area contributed by atoms with Gasteiger partial charge in [-0.1, -0.05) is 30.7 Å². The number of aromatic nitrogens is 2. The Bertz CT molecular complexity index is 704. The molecule has 1 aliphatic rings. The summed E-state index contributed by atoms with van der Waals surface area (Å²) >= 11 is 6.06. The van der Waals surface area contributed by atoms with Crippen molar-refractivity contribution in [2.24, 2.45) is 0 Å². The number of amides is 1. The van der Waals surface area contributed by atoms with Gasteiger partial charge in [0.25, 0.3) is 5.91 Å². The molecule has 1 unspecified atom stereocenters. The molecular formula is C18H21ClN4O. The minimum atomic E-state index is -0.312. The summed E-state index contributed by atoms with van der Waals surface area (Å²) < 4.78 is 0. The third kappa shape index (κ3) is 3.67. The first-order chi connectivity index (χ1) is 11.7. The SMILES string of the molecule is CCC1CCCCN1c1ccc(C(=O)Nc2ccccc2Cl)nn1. The van der Waals surface area contributed by atoms with Gasteiger partial charge in [-0.15, -0.1) is 10.2 Å². The van der Waals surface area contributed by atoms with E-state index in [0.717, 1.165) is 18.8 Å². The lowest BCUT2D eigenvalue weighted by Crippen LogP contribution is -2.39. The van der Waals surface area contributed by atoms with Crippen LogP contribution < -0.4 is 10.2 Å². The normalized spacial score (nSPS) is 17.6. The van der Waals surface area contributed by atoms with Crippen molar-refractivity contribution in [3.63, 3.8) is 0 Å². The summed E-state index contributed by atoms with van der Waals surface area (Å²) in [6, 6.07) is 11.2. The van der Waals surface area contributed by atoms with Gasteiger partial charge in [-0.2, -0.15) is 0 Å². The van der Waals surface area contributed by atoms with E-state index in [1.807, 2.05) is 18.2 Å². The fourth-order valence-electron chi connectivity index (χ4n) is 3.08. The first-order valence-electron chi connectivity index (χ1n) is 8.35. The Labute approximate surface area is 147 Å². The van der Waals surface area contributed by atoms with Gasteiger partial charge in [0.1, 0.15) is 0 Å². The highest BCUT2D eigenvalue weighted by molar-refractivity contribution is 6.33. The van der Waals surface area contributed by atoms with E-state index in [1.165, 1.54) is 19.3 Å². The topological polar surface area (TPSA) is 58.1 Å². The van der Waals surface area contributed by atoms with E-state index in [9.17, 15) is 4.79 Å². The standard InChI is InChI=1S/C18H21ClN4O/c1-2-13-7-5-6-12-23(13)17-11-10-16(21-22-17)18(24)20-15-9-4-3-8-14(15)19/h3-4,8-11,13H,2,5-7,12H2,1H3,(H,20,24). The average molecular weight is 345 g/mol. The summed E-state index contributed by atoms with van der Waals surface area (Å²) in [6.45, 7) is 3.19. The van der Waals surface area contributed by atoms with Crippen LogP contribution in [0.4, 0.5) is 11.5 Å². The molecule has 1 fully saturated rings. The van der Waals surface area contributed by atoms with Crippen LogP contribution in [0, 0.1) is 0 Å². The second kappa shape index (κ2) is 7.62. The Kier molecular flexibility index (Phi) is 5.30. The number of nitrogens with one attached hydrogen (secondary N) is 1. The van der Waals surface area contributed by atoms with Crippen molar-refractivity contribution in [1.29, 1.82) is 0 Å². The van der Waals surface area contributed by atoms with Crippen molar-refractivity contribution in [1.82, 2.24) is 10.2 Å². The van der Waals surface area contributed by atoms with Crippen molar-refractivity contribution in [2.45, 2.75) is 38.6 Å². The number of rotatable bonds is 4. The molecule has 1 aliphatic heterocycles. The van der Waals surface area contributed by atoms with E-state index in [4.69, 9.17) is 11.6 Å². The number of benzene rings is 1. The molecule has 6 heteroatoms. The number of halogens is 1. The molecule has 0 radical (unpaired) electrons. The zero-order chi connectivity index (χ0) is 16.9. The van der Waals surface area contributed by atoms with Crippen LogP contribution in [0.2, 0.25) is 5.02 Å². The molecule has 1 N–H and O–H groups in total. The highest BCUT2D eigenvalue weighted by atomic mass is 35.5. The number of hydrogen-bond donors (Lipinski definition) is 1. The quantitative estimate of drug-likeness (QED) is 0.905. The first-order valence-corrected chi connectivity index (χ1v) is 8.73. The molecule has 0 saturated carbocycles. The lowest BCUT2D eigenvalue weighted by atomic mass is 10.0. The zero-order valence-corrected chi connectivity index (χ0v) is 14.5. The van der Waals surface area contributed by atoms with Gasteiger partial charge in [0.15, 0.2) is 11.5 Å². The molecule has 0 bridgehead atoms. The Morgan fingerprint density at radius 1 is 1.25 bits per heavy atom. The molecule has 1 atom stereocenters. The number of carbonyl (C=O) groups is 1. The monoisotopic (exact) mass is 344 g/mol. The molecule has 1 amide bonds. The maximum Gasteiger partial charge on any atom is 0.276 e. The summed E-state index contributed by atoms with van der Waals surface area (Å²) in [5, 5.41) is 11.6. The van der Waals surface area contributed by atoms with Gasteiger partial charge in [0.2, 0.25) is 0 Å².